The molecule has 0 bridgehead atoms. The minimum absolute atomic E-state index is 0.0361. The molecule has 0 heterocycles. The highest BCUT2D eigenvalue weighted by Gasteiger charge is 2.10. The first-order chi connectivity index (χ1) is 15.6. The summed E-state index contributed by atoms with van der Waals surface area (Å²) in [5.74, 6) is 8.60. The lowest BCUT2D eigenvalue weighted by Gasteiger charge is -2.02. The van der Waals surface area contributed by atoms with Crippen LogP contribution in [0.2, 0.25) is 0 Å². The second-order valence-electron chi connectivity index (χ2n) is 7.16. The van der Waals surface area contributed by atoms with Crippen molar-refractivity contribution in [2.24, 2.45) is 0 Å². The number of carbonyl (C=O) groups is 2. The number of hydrogen-bond donors (Lipinski definition) is 0. The fourth-order valence-electron chi connectivity index (χ4n) is 3.26. The number of benzene rings is 4. The van der Waals surface area contributed by atoms with Crippen molar-refractivity contribution in [2.45, 2.75) is 0 Å². The van der Waals surface area contributed by atoms with E-state index in [9.17, 15) is 9.59 Å². The van der Waals surface area contributed by atoms with Gasteiger partial charge in [-0.1, -0.05) is 72.4 Å². The molecule has 0 radical (unpaired) electrons. The summed E-state index contributed by atoms with van der Waals surface area (Å²) in [6.45, 7) is 0. The molecular formula is C30H18O2. The minimum atomic E-state index is -0.0891. The number of rotatable bonds is 4. The number of ketones is 2. The van der Waals surface area contributed by atoms with Gasteiger partial charge in [0.25, 0.3) is 0 Å². The quantitative estimate of drug-likeness (QED) is 0.327. The average molecular weight is 410 g/mol. The molecule has 0 aliphatic carbocycles. The van der Waals surface area contributed by atoms with Crippen LogP contribution in [0, 0.1) is 24.2 Å². The molecule has 0 aliphatic heterocycles. The van der Waals surface area contributed by atoms with Gasteiger partial charge in [-0.25, -0.2) is 0 Å². The Morgan fingerprint density at radius 2 is 1.00 bits per heavy atom. The van der Waals surface area contributed by atoms with E-state index in [0.717, 1.165) is 11.1 Å². The maximum Gasteiger partial charge on any atom is 0.193 e. The second kappa shape index (κ2) is 9.43. The van der Waals surface area contributed by atoms with Crippen molar-refractivity contribution in [1.82, 2.24) is 0 Å². The van der Waals surface area contributed by atoms with E-state index in [1.54, 1.807) is 60.7 Å². The maximum absolute atomic E-state index is 12.7. The molecule has 0 aliphatic rings. The van der Waals surface area contributed by atoms with Crippen LogP contribution >= 0.6 is 0 Å². The molecule has 0 aromatic heterocycles. The monoisotopic (exact) mass is 410 g/mol. The summed E-state index contributed by atoms with van der Waals surface area (Å²) in [7, 11) is 0. The molecule has 0 saturated heterocycles. The molecule has 0 spiro atoms. The van der Waals surface area contributed by atoms with E-state index in [0.29, 0.717) is 27.8 Å². The Labute approximate surface area is 187 Å². The standard InChI is InChI=1S/C30H18O2/c1-2-22-8-6-12-27(20-22)30(32)26-18-16-23(17-19-26)14-15-24-9-7-13-28(21-24)29(31)25-10-4-3-5-11-25/h1,3-13,16-21H. The topological polar surface area (TPSA) is 34.1 Å². The van der Waals surface area contributed by atoms with Gasteiger partial charge in [0.15, 0.2) is 11.6 Å². The van der Waals surface area contributed by atoms with Gasteiger partial charge in [0.2, 0.25) is 0 Å². The first kappa shape index (κ1) is 20.6. The van der Waals surface area contributed by atoms with Crippen LogP contribution in [0.5, 0.6) is 0 Å². The SMILES string of the molecule is C#Cc1cccc(C(=O)c2ccc(C#Cc3cccc(C(=O)c4ccccc4)c3)cc2)c1. The van der Waals surface area contributed by atoms with Crippen molar-refractivity contribution in [3.05, 3.63) is 142 Å². The Balaban J connectivity index is 1.52. The highest BCUT2D eigenvalue weighted by atomic mass is 16.1. The third kappa shape index (κ3) is 4.73. The van der Waals surface area contributed by atoms with Gasteiger partial charge in [0.1, 0.15) is 0 Å². The van der Waals surface area contributed by atoms with Crippen LogP contribution in [-0.4, -0.2) is 11.6 Å². The summed E-state index contributed by atoms with van der Waals surface area (Å²) in [5, 5.41) is 0. The zero-order chi connectivity index (χ0) is 22.3. The minimum Gasteiger partial charge on any atom is -0.289 e. The third-order valence-electron chi connectivity index (χ3n) is 4.95. The van der Waals surface area contributed by atoms with Gasteiger partial charge in [0.05, 0.1) is 0 Å². The van der Waals surface area contributed by atoms with Crippen molar-refractivity contribution in [3.8, 4) is 24.2 Å². The summed E-state index contributed by atoms with van der Waals surface area (Å²) in [5.41, 5.74) is 4.56. The molecule has 4 rings (SSSR count). The highest BCUT2D eigenvalue weighted by molar-refractivity contribution is 6.09. The Morgan fingerprint density at radius 3 is 1.62 bits per heavy atom. The smallest absolute Gasteiger partial charge is 0.193 e. The van der Waals surface area contributed by atoms with Gasteiger partial charge in [-0.15, -0.1) is 6.42 Å². The van der Waals surface area contributed by atoms with Crippen LogP contribution in [-0.2, 0) is 0 Å². The molecule has 4 aromatic carbocycles. The van der Waals surface area contributed by atoms with E-state index in [1.165, 1.54) is 0 Å². The van der Waals surface area contributed by atoms with Crippen LogP contribution in [0.1, 0.15) is 48.5 Å². The Morgan fingerprint density at radius 1 is 0.500 bits per heavy atom. The third-order valence-corrected chi connectivity index (χ3v) is 4.95. The van der Waals surface area contributed by atoms with Crippen LogP contribution in [0.25, 0.3) is 0 Å². The molecule has 2 heteroatoms. The van der Waals surface area contributed by atoms with Gasteiger partial charge in [-0.3, -0.25) is 9.59 Å². The van der Waals surface area contributed by atoms with Crippen LogP contribution in [0.3, 0.4) is 0 Å². The summed E-state index contributed by atoms with van der Waals surface area (Å²) >= 11 is 0. The Kier molecular flexibility index (Phi) is 6.08. The van der Waals surface area contributed by atoms with E-state index < -0.39 is 0 Å². The molecule has 150 valence electrons. The summed E-state index contributed by atoms with van der Waals surface area (Å²) < 4.78 is 0. The van der Waals surface area contributed by atoms with Crippen LogP contribution in [0.15, 0.2) is 103 Å². The molecule has 0 amide bonds. The maximum atomic E-state index is 12.7. The Hall–Kier alpha value is -4.66. The number of carbonyl (C=O) groups excluding carboxylic acids is 2. The molecule has 32 heavy (non-hydrogen) atoms. The van der Waals surface area contributed by atoms with Gasteiger partial charge in [-0.05, 0) is 48.5 Å². The van der Waals surface area contributed by atoms with Crippen molar-refractivity contribution in [1.29, 1.82) is 0 Å². The molecule has 0 N–H and O–H groups in total. The fourth-order valence-corrected chi connectivity index (χ4v) is 3.26. The summed E-state index contributed by atoms with van der Waals surface area (Å²) in [6.07, 6.45) is 5.42. The molecule has 0 unspecified atom stereocenters. The van der Waals surface area contributed by atoms with Gasteiger partial charge in [0, 0.05) is 38.9 Å². The van der Waals surface area contributed by atoms with E-state index in [4.69, 9.17) is 6.42 Å². The van der Waals surface area contributed by atoms with Gasteiger partial charge >= 0.3 is 0 Å². The predicted molar refractivity (Wildman–Crippen MR) is 127 cm³/mol. The largest absolute Gasteiger partial charge is 0.289 e. The molecular weight excluding hydrogens is 392 g/mol. The number of terminal acetylenes is 1. The van der Waals surface area contributed by atoms with Gasteiger partial charge in [-0.2, -0.15) is 0 Å². The van der Waals surface area contributed by atoms with E-state index >= 15 is 0 Å². The van der Waals surface area contributed by atoms with Crippen molar-refractivity contribution >= 4 is 11.6 Å². The summed E-state index contributed by atoms with van der Waals surface area (Å²) in [4.78, 5) is 25.3. The zero-order valence-corrected chi connectivity index (χ0v) is 17.2. The molecule has 0 atom stereocenters. The first-order valence-electron chi connectivity index (χ1n) is 10.1. The van der Waals surface area contributed by atoms with Gasteiger partial charge < -0.3 is 0 Å². The molecule has 4 aromatic rings. The van der Waals surface area contributed by atoms with Crippen molar-refractivity contribution < 1.29 is 9.59 Å². The van der Waals surface area contributed by atoms with Crippen molar-refractivity contribution in [3.63, 3.8) is 0 Å². The zero-order valence-electron chi connectivity index (χ0n) is 17.2. The lowest BCUT2D eigenvalue weighted by Crippen LogP contribution is -2.01. The van der Waals surface area contributed by atoms with Crippen molar-refractivity contribution in [2.75, 3.05) is 0 Å². The fraction of sp³-hybridized carbons (Fsp3) is 0. The molecule has 0 fully saturated rings. The first-order valence-corrected chi connectivity index (χ1v) is 10.1. The second-order valence-corrected chi connectivity index (χ2v) is 7.16. The molecule has 0 saturated carbocycles. The molecule has 2 nitrogen and oxygen atoms in total. The van der Waals surface area contributed by atoms with E-state index in [1.807, 2.05) is 42.5 Å². The lowest BCUT2D eigenvalue weighted by atomic mass is 10.00. The normalized spacial score (nSPS) is 9.84. The summed E-state index contributed by atoms with van der Waals surface area (Å²) in [6, 6.07) is 30.6. The predicted octanol–water partition coefficient (Wildman–Crippen LogP) is 5.53. The van der Waals surface area contributed by atoms with Crippen LogP contribution < -0.4 is 0 Å². The highest BCUT2D eigenvalue weighted by Crippen LogP contribution is 2.14. The lowest BCUT2D eigenvalue weighted by molar-refractivity contribution is 0.103. The Bertz CT molecular complexity index is 1390. The van der Waals surface area contributed by atoms with E-state index in [-0.39, 0.29) is 11.6 Å². The van der Waals surface area contributed by atoms with Crippen LogP contribution in [0.4, 0.5) is 0 Å². The average Bonchev–Trinajstić information content (AvgIpc) is 2.87. The van der Waals surface area contributed by atoms with E-state index in [2.05, 4.69) is 17.8 Å². The number of hydrogen-bond acceptors (Lipinski definition) is 2.